The third kappa shape index (κ3) is 6.67. The van der Waals surface area contributed by atoms with Crippen LogP contribution in [-0.2, 0) is 18.4 Å². The van der Waals surface area contributed by atoms with E-state index < -0.39 is 0 Å². The van der Waals surface area contributed by atoms with Gasteiger partial charge in [-0.2, -0.15) is 0 Å². The zero-order valence-electron chi connectivity index (χ0n) is 25.6. The number of amides is 1. The normalized spacial score (nSPS) is 20.2. The molecule has 2 saturated carbocycles. The van der Waals surface area contributed by atoms with Crippen LogP contribution >= 0.6 is 0 Å². The van der Waals surface area contributed by atoms with E-state index >= 15 is 0 Å². The summed E-state index contributed by atoms with van der Waals surface area (Å²) in [4.78, 5) is 32.6. The molecule has 5 nitrogen and oxygen atoms in total. The van der Waals surface area contributed by atoms with Crippen molar-refractivity contribution in [2.24, 2.45) is 24.8 Å². The second-order valence-corrected chi connectivity index (χ2v) is 13.5. The fourth-order valence-electron chi connectivity index (χ4n) is 8.21. The molecule has 3 aliphatic rings. The van der Waals surface area contributed by atoms with Gasteiger partial charge in [0.15, 0.2) is 0 Å². The van der Waals surface area contributed by atoms with E-state index in [0.29, 0.717) is 19.0 Å². The zero-order chi connectivity index (χ0) is 28.9. The molecule has 0 radical (unpaired) electrons. The first kappa shape index (κ1) is 29.2. The van der Waals surface area contributed by atoms with Crippen LogP contribution in [0.2, 0.25) is 0 Å². The number of benzene rings is 2. The number of piperidine rings is 1. The maximum atomic E-state index is 14.3. The number of likely N-dealkylation sites (tertiary alicyclic amines) is 1. The number of carbonyl (C=O) groups is 1. The third-order valence-corrected chi connectivity index (χ3v) is 10.7. The number of nitrogens with zero attached hydrogens (tertiary/aromatic N) is 3. The highest BCUT2D eigenvalue weighted by Gasteiger charge is 2.34. The maximum absolute atomic E-state index is 14.3. The summed E-state index contributed by atoms with van der Waals surface area (Å²) in [6.07, 6.45) is 13.4. The van der Waals surface area contributed by atoms with Gasteiger partial charge in [0.1, 0.15) is 0 Å². The molecule has 1 aromatic heterocycles. The Morgan fingerprint density at radius 3 is 2.26 bits per heavy atom. The minimum absolute atomic E-state index is 0.00614. The Hall–Kier alpha value is -2.92. The van der Waals surface area contributed by atoms with Crippen LogP contribution in [-0.4, -0.2) is 46.5 Å². The smallest absolute Gasteiger partial charge is 0.255 e. The molecule has 1 atom stereocenters. The van der Waals surface area contributed by atoms with Crippen molar-refractivity contribution in [3.63, 3.8) is 0 Å². The molecule has 0 spiro atoms. The summed E-state index contributed by atoms with van der Waals surface area (Å²) in [5.41, 5.74) is 2.99. The van der Waals surface area contributed by atoms with Gasteiger partial charge in [0, 0.05) is 37.5 Å². The van der Waals surface area contributed by atoms with Gasteiger partial charge in [0.25, 0.3) is 5.56 Å². The van der Waals surface area contributed by atoms with Gasteiger partial charge in [-0.3, -0.25) is 9.59 Å². The first-order valence-corrected chi connectivity index (χ1v) is 16.7. The Morgan fingerprint density at radius 2 is 1.52 bits per heavy atom. The predicted octanol–water partition coefficient (Wildman–Crippen LogP) is 7.13. The highest BCUT2D eigenvalue weighted by molar-refractivity contribution is 5.81. The quantitative estimate of drug-likeness (QED) is 0.276. The third-order valence-electron chi connectivity index (χ3n) is 10.7. The van der Waals surface area contributed by atoms with Crippen molar-refractivity contribution >= 4 is 16.8 Å². The molecule has 42 heavy (non-hydrogen) atoms. The number of rotatable bonds is 9. The largest absolute Gasteiger partial charge is 0.337 e. The Morgan fingerprint density at radius 1 is 0.857 bits per heavy atom. The molecule has 3 fully saturated rings. The number of pyridine rings is 1. The van der Waals surface area contributed by atoms with Crippen LogP contribution < -0.4 is 5.56 Å². The van der Waals surface area contributed by atoms with Crippen molar-refractivity contribution in [3.05, 3.63) is 82.1 Å². The van der Waals surface area contributed by atoms with Crippen molar-refractivity contribution in [1.82, 2.24) is 14.4 Å². The van der Waals surface area contributed by atoms with Crippen molar-refractivity contribution in [3.8, 4) is 0 Å². The highest BCUT2D eigenvalue weighted by atomic mass is 16.2. The topological polar surface area (TPSA) is 45.6 Å². The standard InChI is InChI=1S/C37H49N3O2/c1-38-35-19-11-10-18-32(35)24-33(36(38)41)26-40(37(42)31-16-6-3-7-17-31)27-34(29-14-4-2-5-15-29)30-20-22-39(23-21-30)25-28-12-8-9-13-28/h2,4-5,10-11,14-15,18-19,24,28,30-31,34H,3,6-9,12-13,16-17,20-23,25-27H2,1H3. The lowest BCUT2D eigenvalue weighted by atomic mass is 9.79. The average molecular weight is 568 g/mol. The predicted molar refractivity (Wildman–Crippen MR) is 171 cm³/mol. The van der Waals surface area contributed by atoms with Gasteiger partial charge in [-0.1, -0.05) is 80.6 Å². The van der Waals surface area contributed by atoms with Gasteiger partial charge in [-0.25, -0.2) is 0 Å². The summed E-state index contributed by atoms with van der Waals surface area (Å²) < 4.78 is 1.75. The molecule has 0 bridgehead atoms. The van der Waals surface area contributed by atoms with E-state index in [2.05, 4.69) is 46.2 Å². The second-order valence-electron chi connectivity index (χ2n) is 13.5. The Kier molecular flexibility index (Phi) is 9.43. The number of hydrogen-bond donors (Lipinski definition) is 0. The average Bonchev–Trinajstić information content (AvgIpc) is 3.56. The van der Waals surface area contributed by atoms with Gasteiger partial charge >= 0.3 is 0 Å². The van der Waals surface area contributed by atoms with Crippen LogP contribution in [0.1, 0.15) is 87.7 Å². The molecule has 2 aliphatic carbocycles. The summed E-state index contributed by atoms with van der Waals surface area (Å²) in [6.45, 7) is 4.65. The molecule has 3 aromatic rings. The van der Waals surface area contributed by atoms with Crippen LogP contribution in [0.3, 0.4) is 0 Å². The Labute approximate surface area is 251 Å². The SMILES string of the molecule is Cn1c(=O)c(CN(CC(c2ccccc2)C2CCN(CC3CCCC3)CC2)C(=O)C2CCCCC2)cc2ccccc21. The van der Waals surface area contributed by atoms with Gasteiger partial charge in [0.05, 0.1) is 12.1 Å². The number of aromatic nitrogens is 1. The summed E-state index contributed by atoms with van der Waals surface area (Å²) in [6, 6.07) is 21.0. The summed E-state index contributed by atoms with van der Waals surface area (Å²) in [7, 11) is 1.85. The first-order chi connectivity index (χ1) is 20.6. The van der Waals surface area contributed by atoms with Crippen molar-refractivity contribution < 1.29 is 4.79 Å². The molecule has 1 aliphatic heterocycles. The highest BCUT2D eigenvalue weighted by Crippen LogP contribution is 2.36. The van der Waals surface area contributed by atoms with Gasteiger partial charge in [-0.05, 0) is 86.5 Å². The van der Waals surface area contributed by atoms with Crippen molar-refractivity contribution in [2.45, 2.75) is 83.1 Å². The van der Waals surface area contributed by atoms with Gasteiger partial charge in [0.2, 0.25) is 5.91 Å². The molecule has 6 rings (SSSR count). The number of aryl methyl sites for hydroxylation is 1. The summed E-state index contributed by atoms with van der Waals surface area (Å²) in [5.74, 6) is 2.03. The van der Waals surface area contributed by atoms with E-state index in [-0.39, 0.29) is 23.3 Å². The van der Waals surface area contributed by atoms with Crippen LogP contribution in [0.15, 0.2) is 65.5 Å². The Balaban J connectivity index is 1.27. The molecule has 5 heteroatoms. The number of hydrogen-bond acceptors (Lipinski definition) is 3. The van der Waals surface area contributed by atoms with E-state index in [1.165, 1.54) is 57.1 Å². The minimum Gasteiger partial charge on any atom is -0.337 e. The van der Waals surface area contributed by atoms with E-state index in [1.54, 1.807) is 4.57 Å². The van der Waals surface area contributed by atoms with Crippen LogP contribution in [0, 0.1) is 17.8 Å². The molecule has 1 saturated heterocycles. The molecule has 2 heterocycles. The zero-order valence-corrected chi connectivity index (χ0v) is 25.6. The van der Waals surface area contributed by atoms with Gasteiger partial charge < -0.3 is 14.4 Å². The number of fused-ring (bicyclic) bond motifs is 1. The van der Waals surface area contributed by atoms with E-state index in [1.807, 2.05) is 31.3 Å². The van der Waals surface area contributed by atoms with Crippen molar-refractivity contribution in [1.29, 1.82) is 0 Å². The molecule has 1 unspecified atom stereocenters. The molecule has 2 aromatic carbocycles. The number of para-hydroxylation sites is 1. The first-order valence-electron chi connectivity index (χ1n) is 16.7. The molecule has 1 amide bonds. The van der Waals surface area contributed by atoms with Crippen LogP contribution in [0.25, 0.3) is 10.9 Å². The summed E-state index contributed by atoms with van der Waals surface area (Å²) >= 11 is 0. The molecule has 224 valence electrons. The van der Waals surface area contributed by atoms with Crippen molar-refractivity contribution in [2.75, 3.05) is 26.2 Å². The maximum Gasteiger partial charge on any atom is 0.255 e. The van der Waals surface area contributed by atoms with E-state index in [4.69, 9.17) is 0 Å². The van der Waals surface area contributed by atoms with E-state index in [0.717, 1.165) is 61.2 Å². The Bertz CT molecular complexity index is 1380. The van der Waals surface area contributed by atoms with E-state index in [9.17, 15) is 9.59 Å². The lowest BCUT2D eigenvalue weighted by molar-refractivity contribution is -0.137. The lowest BCUT2D eigenvalue weighted by Crippen LogP contribution is -2.44. The van der Waals surface area contributed by atoms with Gasteiger partial charge in [-0.15, -0.1) is 0 Å². The molecule has 0 N–H and O–H groups in total. The summed E-state index contributed by atoms with van der Waals surface area (Å²) in [5, 5.41) is 1.05. The monoisotopic (exact) mass is 567 g/mol. The fourth-order valence-corrected chi connectivity index (χ4v) is 8.21. The fraction of sp³-hybridized carbons (Fsp3) is 0.568. The molecular weight excluding hydrogens is 518 g/mol. The van der Waals surface area contributed by atoms with Crippen LogP contribution in [0.4, 0.5) is 0 Å². The number of carbonyl (C=O) groups excluding carboxylic acids is 1. The lowest BCUT2D eigenvalue weighted by Gasteiger charge is -2.40. The second kappa shape index (κ2) is 13.6. The minimum atomic E-state index is 0.00614. The molecular formula is C37H49N3O2. The van der Waals surface area contributed by atoms with Crippen LogP contribution in [0.5, 0.6) is 0 Å².